The number of pyridine rings is 1. The van der Waals surface area contributed by atoms with Crippen LogP contribution in [0.15, 0.2) is 23.2 Å². The molecule has 0 atom stereocenters. The van der Waals surface area contributed by atoms with E-state index in [1.165, 1.54) is 25.7 Å². The van der Waals surface area contributed by atoms with E-state index in [0.29, 0.717) is 18.5 Å². The van der Waals surface area contributed by atoms with Crippen molar-refractivity contribution in [3.8, 4) is 5.88 Å². The van der Waals surface area contributed by atoms with Gasteiger partial charge in [0, 0.05) is 18.7 Å². The maximum atomic E-state index is 5.15. The Bertz CT molecular complexity index is 487. The molecule has 0 spiro atoms. The lowest BCUT2D eigenvalue weighted by molar-refractivity contribution is 0.329. The van der Waals surface area contributed by atoms with E-state index in [0.717, 1.165) is 24.1 Å². The smallest absolute Gasteiger partial charge is 0.213 e. The largest absolute Gasteiger partial charge is 0.481 e. The fraction of sp³-hybridized carbons (Fsp3) is 0.647. The van der Waals surface area contributed by atoms with Crippen molar-refractivity contribution in [2.75, 3.05) is 13.7 Å². The summed E-state index contributed by atoms with van der Waals surface area (Å²) in [4.78, 5) is 9.04. The number of rotatable bonds is 5. The summed E-state index contributed by atoms with van der Waals surface area (Å²) in [5.74, 6) is 2.37. The molecule has 0 radical (unpaired) electrons. The van der Waals surface area contributed by atoms with Crippen LogP contribution in [0, 0.1) is 5.92 Å². The molecule has 0 amide bonds. The molecule has 2 rings (SSSR count). The van der Waals surface area contributed by atoms with E-state index in [-0.39, 0.29) is 24.0 Å². The Hall–Kier alpha value is -1.05. The summed E-state index contributed by atoms with van der Waals surface area (Å²) in [6.45, 7) is 5.84. The highest BCUT2D eigenvalue weighted by Crippen LogP contribution is 2.23. The summed E-state index contributed by atoms with van der Waals surface area (Å²) in [5.41, 5.74) is 0.911. The van der Waals surface area contributed by atoms with Gasteiger partial charge < -0.3 is 15.4 Å². The monoisotopic (exact) mass is 432 g/mol. The molecule has 0 unspecified atom stereocenters. The van der Waals surface area contributed by atoms with Gasteiger partial charge in [0.05, 0.1) is 19.3 Å². The highest BCUT2D eigenvalue weighted by atomic mass is 127. The van der Waals surface area contributed by atoms with E-state index < -0.39 is 0 Å². The van der Waals surface area contributed by atoms with E-state index in [9.17, 15) is 0 Å². The Labute approximate surface area is 156 Å². The number of hydrogen-bond donors (Lipinski definition) is 2. The van der Waals surface area contributed by atoms with Crippen LogP contribution < -0.4 is 15.4 Å². The van der Waals surface area contributed by atoms with Crippen LogP contribution in [0.2, 0.25) is 0 Å². The number of ether oxygens (including phenoxy) is 1. The molecule has 1 heterocycles. The minimum absolute atomic E-state index is 0. The minimum atomic E-state index is 0. The fourth-order valence-electron chi connectivity index (χ4n) is 2.74. The maximum absolute atomic E-state index is 5.15. The first-order chi connectivity index (χ1) is 10.7. The van der Waals surface area contributed by atoms with E-state index in [1.54, 1.807) is 7.11 Å². The summed E-state index contributed by atoms with van der Waals surface area (Å²) in [5, 5.41) is 6.88. The molecule has 0 bridgehead atoms. The zero-order valence-electron chi connectivity index (χ0n) is 14.3. The molecule has 1 aliphatic rings. The van der Waals surface area contributed by atoms with Gasteiger partial charge in [-0.1, -0.05) is 13.0 Å². The molecule has 2 N–H and O–H groups in total. The molecule has 1 aliphatic carbocycles. The van der Waals surface area contributed by atoms with Crippen molar-refractivity contribution >= 4 is 29.9 Å². The Morgan fingerprint density at radius 3 is 2.70 bits per heavy atom. The normalized spacial score (nSPS) is 21.3. The average Bonchev–Trinajstić information content (AvgIpc) is 2.55. The number of nitrogens with one attached hydrogen (secondary N) is 2. The topological polar surface area (TPSA) is 58.5 Å². The summed E-state index contributed by atoms with van der Waals surface area (Å²) in [6, 6.07) is 6.30. The Morgan fingerprint density at radius 2 is 2.04 bits per heavy atom. The molecule has 130 valence electrons. The maximum Gasteiger partial charge on any atom is 0.213 e. The third-order valence-electron chi connectivity index (χ3n) is 4.09. The molecule has 23 heavy (non-hydrogen) atoms. The van der Waals surface area contributed by atoms with Crippen LogP contribution in [0.3, 0.4) is 0 Å². The highest BCUT2D eigenvalue weighted by Gasteiger charge is 2.18. The fourth-order valence-corrected chi connectivity index (χ4v) is 2.74. The first kappa shape index (κ1) is 20.0. The molecule has 6 heteroatoms. The predicted octanol–water partition coefficient (Wildman–Crippen LogP) is 3.34. The third-order valence-corrected chi connectivity index (χ3v) is 4.09. The lowest BCUT2D eigenvalue weighted by atomic mass is 9.87. The molecule has 0 saturated heterocycles. The average molecular weight is 432 g/mol. The molecular formula is C17H29IN4O. The Morgan fingerprint density at radius 1 is 1.30 bits per heavy atom. The van der Waals surface area contributed by atoms with Gasteiger partial charge in [0.2, 0.25) is 5.88 Å². The second-order valence-corrected chi connectivity index (χ2v) is 5.97. The third kappa shape index (κ3) is 6.93. The molecule has 1 fully saturated rings. The van der Waals surface area contributed by atoms with Crippen LogP contribution in [-0.4, -0.2) is 30.6 Å². The van der Waals surface area contributed by atoms with Crippen molar-refractivity contribution in [3.63, 3.8) is 0 Å². The second-order valence-electron chi connectivity index (χ2n) is 5.97. The van der Waals surface area contributed by atoms with Crippen molar-refractivity contribution in [2.45, 2.75) is 52.1 Å². The van der Waals surface area contributed by atoms with Crippen molar-refractivity contribution in [1.29, 1.82) is 0 Å². The number of halogens is 1. The zero-order chi connectivity index (χ0) is 15.8. The number of aliphatic imine (C=N–C) groups is 1. The first-order valence-corrected chi connectivity index (χ1v) is 8.26. The molecule has 0 aromatic carbocycles. The zero-order valence-corrected chi connectivity index (χ0v) is 16.7. The van der Waals surface area contributed by atoms with Gasteiger partial charge in [-0.2, -0.15) is 0 Å². The van der Waals surface area contributed by atoms with Crippen molar-refractivity contribution < 1.29 is 4.74 Å². The van der Waals surface area contributed by atoms with Crippen LogP contribution in [0.1, 0.15) is 45.2 Å². The molecule has 1 saturated carbocycles. The molecule has 1 aromatic heterocycles. The van der Waals surface area contributed by atoms with Crippen molar-refractivity contribution in [2.24, 2.45) is 10.9 Å². The van der Waals surface area contributed by atoms with Gasteiger partial charge in [-0.15, -0.1) is 24.0 Å². The van der Waals surface area contributed by atoms with Crippen LogP contribution in [0.25, 0.3) is 0 Å². The van der Waals surface area contributed by atoms with Gasteiger partial charge in [-0.05, 0) is 44.6 Å². The van der Waals surface area contributed by atoms with Crippen LogP contribution in [-0.2, 0) is 6.54 Å². The quantitative estimate of drug-likeness (QED) is 0.426. The van der Waals surface area contributed by atoms with Crippen molar-refractivity contribution in [3.05, 3.63) is 23.9 Å². The summed E-state index contributed by atoms with van der Waals surface area (Å²) < 4.78 is 5.15. The van der Waals surface area contributed by atoms with E-state index in [1.807, 2.05) is 18.2 Å². The number of methoxy groups -OCH3 is 1. The van der Waals surface area contributed by atoms with Crippen LogP contribution in [0.5, 0.6) is 5.88 Å². The predicted molar refractivity (Wildman–Crippen MR) is 106 cm³/mol. The van der Waals surface area contributed by atoms with E-state index in [2.05, 4.69) is 34.5 Å². The van der Waals surface area contributed by atoms with Crippen LogP contribution >= 0.6 is 24.0 Å². The van der Waals surface area contributed by atoms with Gasteiger partial charge in [0.1, 0.15) is 0 Å². The Balaban J connectivity index is 0.00000264. The number of aromatic nitrogens is 1. The minimum Gasteiger partial charge on any atom is -0.481 e. The van der Waals surface area contributed by atoms with Gasteiger partial charge in [0.15, 0.2) is 5.96 Å². The van der Waals surface area contributed by atoms with Gasteiger partial charge >= 0.3 is 0 Å². The summed E-state index contributed by atoms with van der Waals surface area (Å²) >= 11 is 0. The lowest BCUT2D eigenvalue weighted by Gasteiger charge is -2.28. The molecule has 0 aliphatic heterocycles. The van der Waals surface area contributed by atoms with E-state index in [4.69, 9.17) is 4.74 Å². The molecule has 5 nitrogen and oxygen atoms in total. The summed E-state index contributed by atoms with van der Waals surface area (Å²) in [7, 11) is 1.63. The van der Waals surface area contributed by atoms with Crippen LogP contribution in [0.4, 0.5) is 0 Å². The van der Waals surface area contributed by atoms with Crippen molar-refractivity contribution in [1.82, 2.24) is 15.6 Å². The van der Waals surface area contributed by atoms with E-state index >= 15 is 0 Å². The Kier molecular flexibility index (Phi) is 9.28. The molecular weight excluding hydrogens is 403 g/mol. The van der Waals surface area contributed by atoms with Gasteiger partial charge in [0.25, 0.3) is 0 Å². The second kappa shape index (κ2) is 10.7. The standard InChI is InChI=1S/C17H28N4O.HI/c1-4-18-17(21-14-10-8-13(2)9-11-14)19-12-15-6-5-7-16(20-15)22-3;/h5-7,13-14H,4,8-12H2,1-3H3,(H2,18,19,21);1H. The number of hydrogen-bond acceptors (Lipinski definition) is 3. The molecule has 1 aromatic rings. The summed E-state index contributed by atoms with van der Waals surface area (Å²) in [6.07, 6.45) is 5.05. The highest BCUT2D eigenvalue weighted by molar-refractivity contribution is 14.0. The van der Waals surface area contributed by atoms with Gasteiger partial charge in [-0.3, -0.25) is 0 Å². The number of guanidine groups is 1. The SMILES string of the molecule is CCNC(=NCc1cccc(OC)n1)NC1CCC(C)CC1.I. The first-order valence-electron chi connectivity index (χ1n) is 8.26. The number of nitrogens with zero attached hydrogens (tertiary/aromatic N) is 2. The lowest BCUT2D eigenvalue weighted by Crippen LogP contribution is -2.44. The van der Waals surface area contributed by atoms with Gasteiger partial charge in [-0.25, -0.2) is 9.98 Å².